The van der Waals surface area contributed by atoms with Gasteiger partial charge >= 0.3 is 57.0 Å². The van der Waals surface area contributed by atoms with Gasteiger partial charge in [0.25, 0.3) is 0 Å². The first kappa shape index (κ1) is 25.3. The van der Waals surface area contributed by atoms with Crippen LogP contribution in [0.25, 0.3) is 0 Å². The second kappa shape index (κ2) is 24.6. The molecule has 0 heterocycles. The minimum Gasteiger partial charge on any atom is -0.323 e. The third-order valence-corrected chi connectivity index (χ3v) is 3.08. The van der Waals surface area contributed by atoms with Crippen molar-refractivity contribution in [3.8, 4) is 0 Å². The first-order valence-electron chi connectivity index (χ1n) is 5.48. The molecule has 0 fully saturated rings. The Morgan fingerprint density at radius 3 is 1.06 bits per heavy atom. The predicted octanol–water partition coefficient (Wildman–Crippen LogP) is 1.41. The van der Waals surface area contributed by atoms with Crippen LogP contribution >= 0.6 is 0 Å². The maximum Gasteiger partial charge on any atom is -0.0167 e. The van der Waals surface area contributed by atoms with Gasteiger partial charge in [0.15, 0.2) is 0 Å². The van der Waals surface area contributed by atoms with Crippen LogP contribution < -0.4 is 16.0 Å². The zero-order valence-corrected chi connectivity index (χ0v) is 15.8. The van der Waals surface area contributed by atoms with E-state index in [0.29, 0.717) is 0 Å². The number of nitrogens with one attached hydrogen (secondary N) is 3. The van der Waals surface area contributed by atoms with Gasteiger partial charge in [-0.15, -0.1) is 0 Å². The van der Waals surface area contributed by atoms with Gasteiger partial charge < -0.3 is 16.0 Å². The van der Waals surface area contributed by atoms with Crippen LogP contribution in [-0.4, -0.2) is 47.8 Å². The summed E-state index contributed by atoms with van der Waals surface area (Å²) in [5.74, 6) is 0. The summed E-state index contributed by atoms with van der Waals surface area (Å²) in [6.07, 6.45) is 1.16. The van der Waals surface area contributed by atoms with Crippen LogP contribution in [-0.2, 0) is 20.9 Å². The van der Waals surface area contributed by atoms with Crippen LogP contribution in [0.3, 0.4) is 0 Å². The van der Waals surface area contributed by atoms with E-state index in [1.54, 1.807) is 0 Å². The summed E-state index contributed by atoms with van der Waals surface area (Å²) in [5.41, 5.74) is 0.258. The maximum absolute atomic E-state index is 4.25. The minimum absolute atomic E-state index is 0.258. The van der Waals surface area contributed by atoms with Gasteiger partial charge in [-0.25, -0.2) is 0 Å². The summed E-state index contributed by atoms with van der Waals surface area (Å²) in [4.78, 5) is 0. The molecule has 0 aromatic heterocycles. The van der Waals surface area contributed by atoms with Crippen molar-refractivity contribution in [3.05, 3.63) is 0 Å². The van der Waals surface area contributed by atoms with E-state index in [0.717, 1.165) is 27.3 Å². The van der Waals surface area contributed by atoms with Crippen LogP contribution in [0, 0.1) is 0 Å². The quantitative estimate of drug-likeness (QED) is 0.656. The van der Waals surface area contributed by atoms with Crippen molar-refractivity contribution in [1.29, 1.82) is 0 Å². The first-order chi connectivity index (χ1) is 7.36. The van der Waals surface area contributed by atoms with Gasteiger partial charge in [0.2, 0.25) is 0 Å². The fourth-order valence-corrected chi connectivity index (χ4v) is 0.579. The molecule has 0 atom stereocenters. The molecule has 0 aliphatic rings. The summed E-state index contributed by atoms with van der Waals surface area (Å²) in [5, 5.41) is 8.25. The molecule has 3 N–H and O–H groups in total. The third-order valence-electron chi connectivity index (χ3n) is 1.14. The van der Waals surface area contributed by atoms with E-state index in [1.807, 2.05) is 42.3 Å². The second-order valence-electron chi connectivity index (χ2n) is 3.77. The van der Waals surface area contributed by atoms with Gasteiger partial charge in [0.05, 0.1) is 0 Å². The van der Waals surface area contributed by atoms with Crippen molar-refractivity contribution in [3.63, 3.8) is 0 Å². The molecular weight excluding hydrogens is 369 g/mol. The third kappa shape index (κ3) is 63.0. The van der Waals surface area contributed by atoms with E-state index in [-0.39, 0.29) is 5.54 Å². The number of nitrogens with zero attached hydrogens (tertiary/aromatic N) is 1. The Hall–Kier alpha value is 0.420. The van der Waals surface area contributed by atoms with Crippen LogP contribution in [0.4, 0.5) is 0 Å². The van der Waals surface area contributed by atoms with E-state index in [1.165, 1.54) is 0 Å². The Morgan fingerprint density at radius 2 is 1.06 bits per heavy atom. The molecule has 0 unspecified atom stereocenters. The van der Waals surface area contributed by atoms with Crippen LogP contribution in [0.5, 0.6) is 0 Å². The Morgan fingerprint density at radius 1 is 0.875 bits per heavy atom. The second-order valence-corrected chi connectivity index (χ2v) is 4.48. The fraction of sp³-hybridized carbons (Fsp3) is 1.00. The molecule has 0 aromatic carbocycles. The molecule has 0 aliphatic carbocycles. The Labute approximate surface area is 115 Å². The molecule has 0 aromatic rings. The molecule has 0 saturated heterocycles. The van der Waals surface area contributed by atoms with E-state index >= 15 is 0 Å². The van der Waals surface area contributed by atoms with Crippen molar-refractivity contribution >= 4 is 0 Å². The predicted molar refractivity (Wildman–Crippen MR) is 71.7 cm³/mol. The van der Waals surface area contributed by atoms with Gasteiger partial charge in [0, 0.05) is 0 Å². The molecule has 0 saturated carbocycles. The van der Waals surface area contributed by atoms with Crippen molar-refractivity contribution in [2.24, 2.45) is 3.34 Å². The standard InChI is InChI=1S/C5H11N.3C2H7N.Ta/c1-4-5(2,3)6;3*1-3-2;/h4H2,1-3H3;3*3H,1-2H3;. The molecule has 101 valence electrons. The molecule has 16 heavy (non-hydrogen) atoms. The molecule has 5 heteroatoms. The maximum atomic E-state index is 4.25. The van der Waals surface area contributed by atoms with Crippen LogP contribution in [0.1, 0.15) is 27.2 Å². The summed E-state index contributed by atoms with van der Waals surface area (Å²) in [7, 11) is 11.2. The molecule has 0 amide bonds. The summed E-state index contributed by atoms with van der Waals surface area (Å²) < 4.78 is 4.25. The van der Waals surface area contributed by atoms with E-state index in [4.69, 9.17) is 0 Å². The minimum atomic E-state index is 0.258. The molecule has 4 nitrogen and oxygen atoms in total. The monoisotopic (exact) mass is 401 g/mol. The number of rotatable bonds is 2. The molecule has 0 bridgehead atoms. The largest absolute Gasteiger partial charge is 0.323 e. The van der Waals surface area contributed by atoms with Gasteiger partial charge in [-0.2, -0.15) is 0 Å². The molecule has 0 radical (unpaired) electrons. The molecule has 0 aliphatic heterocycles. The zero-order valence-electron chi connectivity index (χ0n) is 12.6. The topological polar surface area (TPSA) is 48.5 Å². The van der Waals surface area contributed by atoms with Gasteiger partial charge in [-0.1, -0.05) is 0 Å². The summed E-state index contributed by atoms with van der Waals surface area (Å²) in [6.45, 7) is 6.48. The average Bonchev–Trinajstić information content (AvgIpc) is 2.21. The Balaban J connectivity index is -0.0000000677. The fourth-order valence-electron chi connectivity index (χ4n) is 0.0707. The van der Waals surface area contributed by atoms with Crippen molar-refractivity contribution < 1.29 is 20.9 Å². The van der Waals surface area contributed by atoms with E-state index in [2.05, 4.69) is 40.1 Å². The first-order valence-corrected chi connectivity index (χ1v) is 6.92. The van der Waals surface area contributed by atoms with Crippen LogP contribution in [0.15, 0.2) is 3.34 Å². The van der Waals surface area contributed by atoms with E-state index < -0.39 is 0 Å². The summed E-state index contributed by atoms with van der Waals surface area (Å²) >= 11 is 1.16. The van der Waals surface area contributed by atoms with Gasteiger partial charge in [0.1, 0.15) is 0 Å². The molecular formula is C11H32N4Ta. The van der Waals surface area contributed by atoms with Gasteiger partial charge in [-0.3, -0.25) is 0 Å². The van der Waals surface area contributed by atoms with Gasteiger partial charge in [-0.05, 0) is 42.3 Å². The SMILES string of the molecule is CCC(C)(C)[N]=[Ta].CNC.CNC.CNC. The number of hydrogen-bond donors (Lipinski definition) is 3. The van der Waals surface area contributed by atoms with E-state index in [9.17, 15) is 0 Å². The molecule has 0 rings (SSSR count). The van der Waals surface area contributed by atoms with Crippen molar-refractivity contribution in [1.82, 2.24) is 16.0 Å². The normalized spacial score (nSPS) is 8.25. The van der Waals surface area contributed by atoms with Crippen molar-refractivity contribution in [2.75, 3.05) is 42.3 Å². The zero-order chi connectivity index (χ0) is 14.0. The van der Waals surface area contributed by atoms with Crippen molar-refractivity contribution in [2.45, 2.75) is 32.7 Å². The Bertz CT molecular complexity index is 103. The smallest absolute Gasteiger partial charge is 0.0167 e. The summed E-state index contributed by atoms with van der Waals surface area (Å²) in [6, 6.07) is 0. The number of hydrogen-bond acceptors (Lipinski definition) is 4. The van der Waals surface area contributed by atoms with Crippen LogP contribution in [0.2, 0.25) is 0 Å². The molecule has 0 spiro atoms. The Kier molecular flexibility index (Phi) is 38.9. The average molecular weight is 401 g/mol.